The number of aromatic amines is 2. The van der Waals surface area contributed by atoms with Crippen molar-refractivity contribution in [3.63, 3.8) is 0 Å². The molecule has 1 aromatic heterocycles. The van der Waals surface area contributed by atoms with Crippen LogP contribution in [-0.2, 0) is 16.0 Å². The Balaban J connectivity index is 1.89. The molecule has 148 valence electrons. The van der Waals surface area contributed by atoms with Crippen LogP contribution in [0.3, 0.4) is 0 Å². The minimum Gasteiger partial charge on any atom is -0.469 e. The van der Waals surface area contributed by atoms with Gasteiger partial charge in [0.1, 0.15) is 0 Å². The molecule has 2 fully saturated rings. The van der Waals surface area contributed by atoms with Crippen molar-refractivity contribution in [3.05, 3.63) is 44.5 Å². The van der Waals surface area contributed by atoms with Crippen LogP contribution in [0.2, 0.25) is 0 Å². The maximum atomic E-state index is 12.6. The maximum Gasteiger partial charge on any atom is 0.311 e. The molecule has 4 atom stereocenters. The average molecular weight is 374 g/mol. The number of H-pyrrole nitrogens is 2. The summed E-state index contributed by atoms with van der Waals surface area (Å²) in [5.41, 5.74) is 0.632. The highest BCUT2D eigenvalue weighted by Crippen LogP contribution is 2.62. The molecule has 0 aromatic carbocycles. The third-order valence-electron chi connectivity index (χ3n) is 7.27. The summed E-state index contributed by atoms with van der Waals surface area (Å²) in [4.78, 5) is 36.2. The van der Waals surface area contributed by atoms with Gasteiger partial charge in [-0.05, 0) is 62.7 Å². The summed E-state index contributed by atoms with van der Waals surface area (Å²) >= 11 is 0. The largest absolute Gasteiger partial charge is 0.469 e. The Morgan fingerprint density at radius 3 is 2.74 bits per heavy atom. The van der Waals surface area contributed by atoms with Crippen LogP contribution in [-0.4, -0.2) is 23.3 Å². The topological polar surface area (TPSA) is 92.0 Å². The van der Waals surface area contributed by atoms with Gasteiger partial charge in [0.15, 0.2) is 0 Å². The van der Waals surface area contributed by atoms with E-state index in [-0.39, 0.29) is 34.3 Å². The van der Waals surface area contributed by atoms with E-state index in [1.54, 1.807) is 0 Å². The van der Waals surface area contributed by atoms with Crippen molar-refractivity contribution in [1.82, 2.24) is 10.2 Å². The molecular weight excluding hydrogens is 344 g/mol. The van der Waals surface area contributed by atoms with E-state index in [0.29, 0.717) is 12.0 Å². The Labute approximate surface area is 159 Å². The predicted octanol–water partition coefficient (Wildman–Crippen LogP) is 2.95. The van der Waals surface area contributed by atoms with E-state index in [9.17, 15) is 14.4 Å². The van der Waals surface area contributed by atoms with Crippen LogP contribution in [0.25, 0.3) is 0 Å². The van der Waals surface area contributed by atoms with Crippen LogP contribution in [0.1, 0.15) is 57.9 Å². The Bertz CT molecular complexity index is 854. The zero-order valence-corrected chi connectivity index (χ0v) is 16.5. The summed E-state index contributed by atoms with van der Waals surface area (Å²) in [5.74, 6) is 0.342. The second kappa shape index (κ2) is 7.13. The molecule has 2 aliphatic rings. The lowest BCUT2D eigenvalue weighted by molar-refractivity contribution is -0.168. The number of aromatic nitrogens is 2. The molecule has 0 aliphatic heterocycles. The smallest absolute Gasteiger partial charge is 0.311 e. The summed E-state index contributed by atoms with van der Waals surface area (Å²) in [7, 11) is 1.47. The van der Waals surface area contributed by atoms with Crippen LogP contribution in [0.5, 0.6) is 0 Å². The van der Waals surface area contributed by atoms with Gasteiger partial charge in [-0.3, -0.25) is 24.6 Å². The van der Waals surface area contributed by atoms with E-state index in [4.69, 9.17) is 4.74 Å². The van der Waals surface area contributed by atoms with Gasteiger partial charge in [-0.1, -0.05) is 25.5 Å². The molecule has 1 heterocycles. The van der Waals surface area contributed by atoms with Gasteiger partial charge >= 0.3 is 5.97 Å². The van der Waals surface area contributed by atoms with Gasteiger partial charge in [-0.15, -0.1) is 0 Å². The molecule has 0 radical (unpaired) electrons. The molecule has 6 nitrogen and oxygen atoms in total. The lowest BCUT2D eigenvalue weighted by atomic mass is 9.46. The first kappa shape index (κ1) is 19.6. The first-order valence-electron chi connectivity index (χ1n) is 9.79. The molecule has 0 spiro atoms. The highest BCUT2D eigenvalue weighted by atomic mass is 16.5. The maximum absolute atomic E-state index is 12.6. The molecule has 0 bridgehead atoms. The number of carbonyl (C=O) groups excluding carboxylic acids is 1. The third-order valence-corrected chi connectivity index (χ3v) is 7.27. The highest BCUT2D eigenvalue weighted by Gasteiger charge is 2.57. The summed E-state index contributed by atoms with van der Waals surface area (Å²) < 4.78 is 5.16. The zero-order chi connectivity index (χ0) is 19.8. The number of carbonyl (C=O) groups is 1. The molecule has 3 rings (SSSR count). The quantitative estimate of drug-likeness (QED) is 0.626. The van der Waals surface area contributed by atoms with Gasteiger partial charge in [0.05, 0.1) is 12.5 Å². The number of hydrogen-bond acceptors (Lipinski definition) is 4. The summed E-state index contributed by atoms with van der Waals surface area (Å²) in [6.07, 6.45) is 6.00. The Hall–Kier alpha value is -2.11. The van der Waals surface area contributed by atoms with Gasteiger partial charge in [-0.2, -0.15) is 0 Å². The second-order valence-corrected chi connectivity index (χ2v) is 8.72. The molecule has 1 aromatic rings. The lowest BCUT2D eigenvalue weighted by Crippen LogP contribution is -2.53. The SMILES string of the molecule is C=C1CC[C@H]2[C@](C)(CCC[C@]2(C)C(=O)OC)[C@H]1CCc1cc(=O)[nH][nH]c1=O. The van der Waals surface area contributed by atoms with E-state index in [1.807, 2.05) is 6.92 Å². The Morgan fingerprint density at radius 2 is 2.04 bits per heavy atom. The minimum atomic E-state index is -0.470. The van der Waals surface area contributed by atoms with E-state index in [2.05, 4.69) is 23.7 Å². The van der Waals surface area contributed by atoms with Crippen molar-refractivity contribution < 1.29 is 9.53 Å². The number of allylic oxidation sites excluding steroid dienone is 1. The Morgan fingerprint density at radius 1 is 1.30 bits per heavy atom. The fourth-order valence-electron chi connectivity index (χ4n) is 5.90. The lowest BCUT2D eigenvalue weighted by Gasteiger charge is -2.57. The minimum absolute atomic E-state index is 0.0511. The fraction of sp³-hybridized carbons (Fsp3) is 0.667. The van der Waals surface area contributed by atoms with Crippen LogP contribution in [0, 0.1) is 22.7 Å². The van der Waals surface area contributed by atoms with Gasteiger partial charge in [-0.25, -0.2) is 0 Å². The first-order valence-corrected chi connectivity index (χ1v) is 9.79. The molecular formula is C21H30N2O4. The molecule has 2 N–H and O–H groups in total. The zero-order valence-electron chi connectivity index (χ0n) is 16.5. The number of fused-ring (bicyclic) bond motifs is 1. The molecule has 0 unspecified atom stereocenters. The number of esters is 1. The number of nitrogens with one attached hydrogen (secondary N) is 2. The van der Waals surface area contributed by atoms with Crippen LogP contribution >= 0.6 is 0 Å². The fourth-order valence-corrected chi connectivity index (χ4v) is 5.90. The standard InChI is InChI=1S/C21H30N2O4/c1-13-6-9-16-20(2,10-5-11-21(16,3)19(26)27-4)15(13)8-7-14-12-17(24)22-23-18(14)25/h12,15-16H,1,5-11H2,2-4H3,(H,22,24)(H,23,25)/t15-,16-,20+,21-/m0/s1. The summed E-state index contributed by atoms with van der Waals surface area (Å²) in [5, 5.41) is 4.70. The predicted molar refractivity (Wildman–Crippen MR) is 103 cm³/mol. The third kappa shape index (κ3) is 3.30. The molecule has 2 aliphatic carbocycles. The van der Waals surface area contributed by atoms with Gasteiger partial charge in [0.2, 0.25) is 0 Å². The van der Waals surface area contributed by atoms with E-state index >= 15 is 0 Å². The molecule has 27 heavy (non-hydrogen) atoms. The van der Waals surface area contributed by atoms with Gasteiger partial charge in [0, 0.05) is 11.6 Å². The molecule has 6 heteroatoms. The Kier molecular flexibility index (Phi) is 5.19. The second-order valence-electron chi connectivity index (χ2n) is 8.72. The van der Waals surface area contributed by atoms with Crippen molar-refractivity contribution in [2.24, 2.45) is 22.7 Å². The van der Waals surface area contributed by atoms with Crippen molar-refractivity contribution >= 4 is 5.97 Å². The normalized spacial score (nSPS) is 33.4. The highest BCUT2D eigenvalue weighted by molar-refractivity contribution is 5.77. The monoisotopic (exact) mass is 374 g/mol. The molecule has 2 saturated carbocycles. The number of ether oxygens (including phenoxy) is 1. The number of rotatable bonds is 4. The van der Waals surface area contributed by atoms with Crippen LogP contribution < -0.4 is 11.1 Å². The van der Waals surface area contributed by atoms with Gasteiger partial charge in [0.25, 0.3) is 11.1 Å². The van der Waals surface area contributed by atoms with Crippen molar-refractivity contribution in [2.75, 3.05) is 7.11 Å². The van der Waals surface area contributed by atoms with Crippen molar-refractivity contribution in [2.45, 2.75) is 58.8 Å². The van der Waals surface area contributed by atoms with Crippen LogP contribution in [0.15, 0.2) is 27.8 Å². The molecule has 0 amide bonds. The summed E-state index contributed by atoms with van der Waals surface area (Å²) in [6.45, 7) is 8.65. The number of aryl methyl sites for hydroxylation is 1. The first-order chi connectivity index (χ1) is 12.7. The number of methoxy groups -OCH3 is 1. The van der Waals surface area contributed by atoms with E-state index in [1.165, 1.54) is 18.7 Å². The van der Waals surface area contributed by atoms with Crippen molar-refractivity contribution in [3.8, 4) is 0 Å². The van der Waals surface area contributed by atoms with Crippen LogP contribution in [0.4, 0.5) is 0 Å². The molecule has 0 saturated heterocycles. The van der Waals surface area contributed by atoms with E-state index in [0.717, 1.165) is 38.5 Å². The van der Waals surface area contributed by atoms with Crippen molar-refractivity contribution in [1.29, 1.82) is 0 Å². The van der Waals surface area contributed by atoms with Gasteiger partial charge < -0.3 is 4.74 Å². The number of hydrogen-bond donors (Lipinski definition) is 2. The average Bonchev–Trinajstić information content (AvgIpc) is 2.62. The summed E-state index contributed by atoms with van der Waals surface area (Å²) in [6, 6.07) is 1.38. The van der Waals surface area contributed by atoms with E-state index < -0.39 is 5.41 Å².